The molecule has 2 fully saturated rings. The average Bonchev–Trinajstić information content (AvgIpc) is 2.88. The molecule has 0 bridgehead atoms. The molecule has 2 atom stereocenters. The van der Waals surface area contributed by atoms with Crippen molar-refractivity contribution in [2.24, 2.45) is 11.8 Å². The van der Waals surface area contributed by atoms with Crippen LogP contribution in [0.5, 0.6) is 0 Å². The van der Waals surface area contributed by atoms with Gasteiger partial charge in [-0.2, -0.15) is 5.26 Å². The summed E-state index contributed by atoms with van der Waals surface area (Å²) < 4.78 is 0. The molecule has 0 amide bonds. The van der Waals surface area contributed by atoms with Gasteiger partial charge in [0.25, 0.3) is 0 Å². The number of fused-ring (bicyclic) bond motifs is 1. The molecule has 1 N–H and O–H groups in total. The highest BCUT2D eigenvalue weighted by Crippen LogP contribution is 2.33. The number of hydrogen-bond donors (Lipinski definition) is 1. The molecule has 1 aromatic rings. The van der Waals surface area contributed by atoms with Crippen LogP contribution in [-0.2, 0) is 0 Å². The largest absolute Gasteiger partial charge is 0.355 e. The van der Waals surface area contributed by atoms with E-state index in [-0.39, 0.29) is 0 Å². The number of piperidine rings is 1. The number of anilines is 1. The molecule has 2 saturated heterocycles. The number of hydrogen-bond acceptors (Lipinski definition) is 4. The number of halogens is 1. The van der Waals surface area contributed by atoms with Gasteiger partial charge in [0.05, 0.1) is 16.3 Å². The van der Waals surface area contributed by atoms with Crippen LogP contribution in [0, 0.1) is 30.1 Å². The van der Waals surface area contributed by atoms with Crippen LogP contribution in [-0.4, -0.2) is 31.2 Å². The van der Waals surface area contributed by atoms with Crippen LogP contribution in [0.2, 0.25) is 5.02 Å². The van der Waals surface area contributed by atoms with Gasteiger partial charge in [0, 0.05) is 13.1 Å². The fraction of sp³-hybridized carbons (Fsp3) is 0.571. The summed E-state index contributed by atoms with van der Waals surface area (Å²) in [5, 5.41) is 13.0. The first-order valence-electron chi connectivity index (χ1n) is 6.72. The van der Waals surface area contributed by atoms with Crippen molar-refractivity contribution in [3.8, 4) is 6.07 Å². The fourth-order valence-corrected chi connectivity index (χ4v) is 3.40. The Labute approximate surface area is 118 Å². The fourth-order valence-electron chi connectivity index (χ4n) is 3.13. The summed E-state index contributed by atoms with van der Waals surface area (Å²) in [5.74, 6) is 2.33. The maximum absolute atomic E-state index is 9.00. The summed E-state index contributed by atoms with van der Waals surface area (Å²) in [5.41, 5.74) is 1.32. The summed E-state index contributed by atoms with van der Waals surface area (Å²) in [4.78, 5) is 6.80. The van der Waals surface area contributed by atoms with E-state index >= 15 is 0 Å². The lowest BCUT2D eigenvalue weighted by Gasteiger charge is -2.35. The van der Waals surface area contributed by atoms with E-state index in [2.05, 4.69) is 21.3 Å². The molecule has 2 aliphatic rings. The summed E-state index contributed by atoms with van der Waals surface area (Å²) in [6.07, 6.45) is 1.19. The van der Waals surface area contributed by atoms with Gasteiger partial charge in [-0.25, -0.2) is 4.98 Å². The Balaban J connectivity index is 1.86. The third-order valence-corrected chi connectivity index (χ3v) is 4.55. The smallest absolute Gasteiger partial charge is 0.147 e. The van der Waals surface area contributed by atoms with Gasteiger partial charge in [0.1, 0.15) is 11.9 Å². The summed E-state index contributed by atoms with van der Waals surface area (Å²) in [6, 6.07) is 3.86. The molecule has 2 unspecified atom stereocenters. The van der Waals surface area contributed by atoms with Crippen LogP contribution in [0.3, 0.4) is 0 Å². The van der Waals surface area contributed by atoms with E-state index in [1.807, 2.05) is 6.92 Å². The third kappa shape index (κ3) is 2.29. The first-order chi connectivity index (χ1) is 9.19. The van der Waals surface area contributed by atoms with E-state index in [4.69, 9.17) is 16.9 Å². The van der Waals surface area contributed by atoms with Crippen LogP contribution in [0.4, 0.5) is 5.82 Å². The summed E-state index contributed by atoms with van der Waals surface area (Å²) in [7, 11) is 0. The minimum absolute atomic E-state index is 0.561. The Morgan fingerprint density at radius 2 is 2.26 bits per heavy atom. The van der Waals surface area contributed by atoms with Gasteiger partial charge in [-0.15, -0.1) is 0 Å². The number of aromatic nitrogens is 1. The molecule has 4 nitrogen and oxygen atoms in total. The van der Waals surface area contributed by atoms with Crippen LogP contribution in [0.1, 0.15) is 17.7 Å². The summed E-state index contributed by atoms with van der Waals surface area (Å²) in [6.45, 7) is 6.11. The zero-order chi connectivity index (χ0) is 13.4. The zero-order valence-corrected chi connectivity index (χ0v) is 11.7. The quantitative estimate of drug-likeness (QED) is 0.852. The van der Waals surface area contributed by atoms with Crippen molar-refractivity contribution in [3.05, 3.63) is 22.3 Å². The Morgan fingerprint density at radius 3 is 3.05 bits per heavy atom. The molecule has 19 heavy (non-hydrogen) atoms. The molecule has 0 radical (unpaired) electrons. The molecule has 0 aliphatic carbocycles. The molecule has 0 saturated carbocycles. The van der Waals surface area contributed by atoms with Crippen molar-refractivity contribution in [1.82, 2.24) is 10.3 Å². The Bertz CT molecular complexity index is 537. The maximum atomic E-state index is 9.00. The maximum Gasteiger partial charge on any atom is 0.147 e. The molecule has 1 aromatic heterocycles. The highest BCUT2D eigenvalue weighted by molar-refractivity contribution is 6.33. The molecule has 3 heterocycles. The van der Waals surface area contributed by atoms with Crippen molar-refractivity contribution >= 4 is 17.4 Å². The first kappa shape index (κ1) is 12.7. The van der Waals surface area contributed by atoms with E-state index in [9.17, 15) is 0 Å². The number of nitrogens with zero attached hydrogens (tertiary/aromatic N) is 3. The predicted octanol–water partition coefficient (Wildman–Crippen LogP) is 1.96. The van der Waals surface area contributed by atoms with E-state index in [1.165, 1.54) is 6.42 Å². The van der Waals surface area contributed by atoms with Gasteiger partial charge in [0.15, 0.2) is 0 Å². The van der Waals surface area contributed by atoms with Gasteiger partial charge in [-0.1, -0.05) is 11.6 Å². The van der Waals surface area contributed by atoms with Crippen molar-refractivity contribution < 1.29 is 0 Å². The molecular weight excluding hydrogens is 260 g/mol. The van der Waals surface area contributed by atoms with E-state index in [0.29, 0.717) is 16.5 Å². The first-order valence-corrected chi connectivity index (χ1v) is 7.09. The highest BCUT2D eigenvalue weighted by Gasteiger charge is 2.33. The van der Waals surface area contributed by atoms with Crippen molar-refractivity contribution in [1.29, 1.82) is 5.26 Å². The van der Waals surface area contributed by atoms with Crippen LogP contribution >= 0.6 is 11.6 Å². The van der Waals surface area contributed by atoms with Gasteiger partial charge in [0.2, 0.25) is 0 Å². The Kier molecular flexibility index (Phi) is 3.34. The zero-order valence-electron chi connectivity index (χ0n) is 11.0. The lowest BCUT2D eigenvalue weighted by atomic mass is 9.89. The second kappa shape index (κ2) is 4.99. The van der Waals surface area contributed by atoms with Crippen LogP contribution < -0.4 is 10.2 Å². The molecule has 0 aromatic carbocycles. The van der Waals surface area contributed by atoms with Gasteiger partial charge >= 0.3 is 0 Å². The lowest BCUT2D eigenvalue weighted by molar-refractivity contribution is 0.347. The highest BCUT2D eigenvalue weighted by atomic mass is 35.5. The average molecular weight is 277 g/mol. The van der Waals surface area contributed by atoms with Gasteiger partial charge < -0.3 is 10.2 Å². The third-order valence-electron chi connectivity index (χ3n) is 4.27. The molecule has 0 spiro atoms. The number of pyridine rings is 1. The SMILES string of the molecule is Cc1nc(N2CCC3CNCC3C2)c(Cl)cc1C#N. The number of aryl methyl sites for hydroxylation is 1. The molecule has 2 aliphatic heterocycles. The van der Waals surface area contributed by atoms with Crippen LogP contribution in [0.25, 0.3) is 0 Å². The minimum Gasteiger partial charge on any atom is -0.355 e. The number of nitrogens with one attached hydrogen (secondary N) is 1. The minimum atomic E-state index is 0.561. The molecule has 100 valence electrons. The van der Waals surface area contributed by atoms with E-state index in [1.54, 1.807) is 6.07 Å². The Morgan fingerprint density at radius 1 is 1.47 bits per heavy atom. The van der Waals surface area contributed by atoms with Crippen molar-refractivity contribution in [2.45, 2.75) is 13.3 Å². The van der Waals surface area contributed by atoms with Gasteiger partial charge in [-0.3, -0.25) is 0 Å². The Hall–Kier alpha value is -1.31. The van der Waals surface area contributed by atoms with Crippen molar-refractivity contribution in [2.75, 3.05) is 31.1 Å². The predicted molar refractivity (Wildman–Crippen MR) is 75.4 cm³/mol. The molecular formula is C14H17ClN4. The molecule has 3 rings (SSSR count). The monoisotopic (exact) mass is 276 g/mol. The van der Waals surface area contributed by atoms with Crippen LogP contribution in [0.15, 0.2) is 6.07 Å². The van der Waals surface area contributed by atoms with Crippen molar-refractivity contribution in [3.63, 3.8) is 0 Å². The molecule has 5 heteroatoms. The topological polar surface area (TPSA) is 52.0 Å². The number of rotatable bonds is 1. The second-order valence-corrected chi connectivity index (χ2v) is 5.86. The standard InChI is InChI=1S/C14H17ClN4/c1-9-11(5-16)4-13(15)14(18-9)19-3-2-10-6-17-7-12(10)8-19/h4,10,12,17H,2-3,6-8H2,1H3. The van der Waals surface area contributed by atoms with Gasteiger partial charge in [-0.05, 0) is 44.3 Å². The number of nitriles is 1. The summed E-state index contributed by atoms with van der Waals surface area (Å²) >= 11 is 6.29. The lowest BCUT2D eigenvalue weighted by Crippen LogP contribution is -2.40. The van der Waals surface area contributed by atoms with E-state index in [0.717, 1.165) is 43.6 Å². The van der Waals surface area contributed by atoms with E-state index < -0.39 is 0 Å². The normalized spacial score (nSPS) is 26.1. The second-order valence-electron chi connectivity index (χ2n) is 5.45.